The fourth-order valence-electron chi connectivity index (χ4n) is 4.76. The average Bonchev–Trinajstić information content (AvgIpc) is 2.90. The number of hydrogen-bond acceptors (Lipinski definition) is 4. The molecule has 0 radical (unpaired) electrons. The van der Waals surface area contributed by atoms with Gasteiger partial charge in [-0.15, -0.1) is 0 Å². The van der Waals surface area contributed by atoms with Crippen LogP contribution in [0.5, 0.6) is 5.75 Å². The molecule has 1 unspecified atom stereocenters. The molecule has 5 rings (SSSR count). The highest BCUT2D eigenvalue weighted by Crippen LogP contribution is 2.43. The lowest BCUT2D eigenvalue weighted by molar-refractivity contribution is 0.0686. The lowest BCUT2D eigenvalue weighted by atomic mass is 9.81. The molecular weight excluding hydrogens is 366 g/mol. The summed E-state index contributed by atoms with van der Waals surface area (Å²) in [5.41, 5.74) is 4.29. The summed E-state index contributed by atoms with van der Waals surface area (Å²) >= 11 is 0. The molecule has 1 aliphatic heterocycles. The number of aryl methyl sites for hydroxylation is 2. The minimum Gasteiger partial charge on any atom is -0.502 e. The highest BCUT2D eigenvalue weighted by atomic mass is 16.3. The van der Waals surface area contributed by atoms with Crippen molar-refractivity contribution < 1.29 is 9.90 Å². The van der Waals surface area contributed by atoms with Crippen LogP contribution in [0, 0.1) is 0 Å². The molecule has 2 aromatic carbocycles. The van der Waals surface area contributed by atoms with Crippen molar-refractivity contribution in [1.82, 2.24) is 14.7 Å². The number of fused-ring (bicyclic) bond motifs is 3. The lowest BCUT2D eigenvalue weighted by Crippen LogP contribution is -2.45. The highest BCUT2D eigenvalue weighted by Gasteiger charge is 2.40. The van der Waals surface area contributed by atoms with Crippen molar-refractivity contribution in [1.29, 1.82) is 0 Å². The third-order valence-corrected chi connectivity index (χ3v) is 6.14. The van der Waals surface area contributed by atoms with Gasteiger partial charge in [0.05, 0.1) is 12.2 Å². The van der Waals surface area contributed by atoms with Gasteiger partial charge in [0, 0.05) is 19.5 Å². The van der Waals surface area contributed by atoms with E-state index in [4.69, 9.17) is 0 Å². The van der Waals surface area contributed by atoms with E-state index in [1.165, 1.54) is 22.3 Å². The van der Waals surface area contributed by atoms with Crippen LogP contribution in [-0.2, 0) is 12.8 Å². The Balaban J connectivity index is 1.79. The number of carbonyl (C=O) groups excluding carboxylic acids is 1. The molecule has 29 heavy (non-hydrogen) atoms. The van der Waals surface area contributed by atoms with Crippen LogP contribution < -0.4 is 5.43 Å². The summed E-state index contributed by atoms with van der Waals surface area (Å²) in [5.74, 6) is -0.968. The van der Waals surface area contributed by atoms with Gasteiger partial charge in [0.25, 0.3) is 5.91 Å². The van der Waals surface area contributed by atoms with E-state index in [1.807, 2.05) is 12.1 Å². The number of nitrogens with zero attached hydrogens (tertiary/aromatic N) is 3. The van der Waals surface area contributed by atoms with Crippen LogP contribution in [0.1, 0.15) is 44.7 Å². The maximum absolute atomic E-state index is 12.7. The van der Waals surface area contributed by atoms with Crippen molar-refractivity contribution in [3.05, 3.63) is 92.9 Å². The molecule has 2 heterocycles. The number of benzene rings is 2. The molecule has 0 saturated carbocycles. The predicted molar refractivity (Wildman–Crippen MR) is 108 cm³/mol. The standard InChI is InChI=1S/C23H21N3O3/c1-25-13-18(26-21(23(25)29)22(28)19(27)12-24-26)20-16-8-4-2-6-14(16)10-11-15-7-3-5-9-17(15)20/h2-9,12,18,20,28H,10-11,13H2,1H3. The van der Waals surface area contributed by atoms with Gasteiger partial charge in [-0.1, -0.05) is 48.5 Å². The smallest absolute Gasteiger partial charge is 0.275 e. The molecule has 6 nitrogen and oxygen atoms in total. The van der Waals surface area contributed by atoms with Gasteiger partial charge in [-0.2, -0.15) is 5.10 Å². The van der Waals surface area contributed by atoms with E-state index in [-0.39, 0.29) is 23.6 Å². The van der Waals surface area contributed by atoms with Gasteiger partial charge in [0.15, 0.2) is 11.4 Å². The minimum atomic E-state index is -0.639. The quantitative estimate of drug-likeness (QED) is 0.696. The van der Waals surface area contributed by atoms with Crippen molar-refractivity contribution >= 4 is 5.91 Å². The van der Waals surface area contributed by atoms with Crippen molar-refractivity contribution in [3.8, 4) is 5.75 Å². The number of amides is 1. The molecule has 0 spiro atoms. The van der Waals surface area contributed by atoms with Crippen LogP contribution in [0.4, 0.5) is 0 Å². The maximum Gasteiger partial charge on any atom is 0.275 e. The molecule has 1 atom stereocenters. The van der Waals surface area contributed by atoms with E-state index in [2.05, 4.69) is 41.5 Å². The molecular formula is C23H21N3O3. The number of rotatable bonds is 1. The van der Waals surface area contributed by atoms with E-state index in [1.54, 1.807) is 16.6 Å². The lowest BCUT2D eigenvalue weighted by Gasteiger charge is -2.38. The molecule has 6 heteroatoms. The summed E-state index contributed by atoms with van der Waals surface area (Å²) in [6.07, 6.45) is 2.99. The van der Waals surface area contributed by atoms with Crippen LogP contribution in [0.15, 0.2) is 59.5 Å². The van der Waals surface area contributed by atoms with Gasteiger partial charge in [-0.05, 0) is 35.1 Å². The Morgan fingerprint density at radius 3 is 2.17 bits per heavy atom. The number of aromatic hydroxyl groups is 1. The first-order valence-electron chi connectivity index (χ1n) is 9.78. The molecule has 1 aromatic heterocycles. The minimum absolute atomic E-state index is 0.0320. The highest BCUT2D eigenvalue weighted by molar-refractivity contribution is 5.95. The summed E-state index contributed by atoms with van der Waals surface area (Å²) < 4.78 is 1.56. The average molecular weight is 387 g/mol. The normalized spacial score (nSPS) is 18.6. The van der Waals surface area contributed by atoms with Gasteiger partial charge in [-0.3, -0.25) is 14.3 Å². The third-order valence-electron chi connectivity index (χ3n) is 6.14. The number of aromatic nitrogens is 2. The third kappa shape index (κ3) is 2.67. The summed E-state index contributed by atoms with van der Waals surface area (Å²) in [6.45, 7) is 0.439. The number of likely N-dealkylation sites (N-methyl/N-ethyl adjacent to an activating group) is 1. The van der Waals surface area contributed by atoms with Gasteiger partial charge in [0.1, 0.15) is 0 Å². The monoisotopic (exact) mass is 387 g/mol. The Morgan fingerprint density at radius 2 is 1.55 bits per heavy atom. The Kier molecular flexibility index (Phi) is 4.01. The van der Waals surface area contributed by atoms with Crippen LogP contribution in [-0.4, -0.2) is 39.3 Å². The Morgan fingerprint density at radius 1 is 0.966 bits per heavy atom. The largest absolute Gasteiger partial charge is 0.502 e. The zero-order valence-electron chi connectivity index (χ0n) is 16.1. The molecule has 0 fully saturated rings. The van der Waals surface area contributed by atoms with Crippen molar-refractivity contribution in [2.24, 2.45) is 0 Å². The fraction of sp³-hybridized carbons (Fsp3) is 0.261. The van der Waals surface area contributed by atoms with Crippen LogP contribution in [0.3, 0.4) is 0 Å². The molecule has 1 aliphatic carbocycles. The predicted octanol–water partition coefficient (Wildman–Crippen LogP) is 2.51. The van der Waals surface area contributed by atoms with E-state index < -0.39 is 11.2 Å². The molecule has 2 aliphatic rings. The molecule has 1 N–H and O–H groups in total. The van der Waals surface area contributed by atoms with Crippen molar-refractivity contribution in [3.63, 3.8) is 0 Å². The Hall–Kier alpha value is -3.41. The SMILES string of the molecule is CN1CC(C2c3ccccc3CCc3ccccc32)n2ncc(=O)c(O)c2C1=O. The molecule has 3 aromatic rings. The summed E-state index contributed by atoms with van der Waals surface area (Å²) in [7, 11) is 1.70. The van der Waals surface area contributed by atoms with Crippen LogP contribution in [0.2, 0.25) is 0 Å². The second-order valence-electron chi connectivity index (χ2n) is 7.78. The Labute approximate surface area is 168 Å². The van der Waals surface area contributed by atoms with Gasteiger partial charge < -0.3 is 10.0 Å². The molecule has 0 saturated heterocycles. The topological polar surface area (TPSA) is 75.4 Å². The first kappa shape index (κ1) is 17.7. The van der Waals surface area contributed by atoms with Crippen molar-refractivity contribution in [2.75, 3.05) is 13.6 Å². The van der Waals surface area contributed by atoms with Crippen LogP contribution in [0.25, 0.3) is 0 Å². The summed E-state index contributed by atoms with van der Waals surface area (Å²) in [4.78, 5) is 26.3. The Bertz CT molecular complexity index is 1140. The maximum atomic E-state index is 12.7. The fourth-order valence-corrected chi connectivity index (χ4v) is 4.76. The number of carbonyl (C=O) groups is 1. The van der Waals surface area contributed by atoms with E-state index in [9.17, 15) is 14.7 Å². The van der Waals surface area contributed by atoms with E-state index in [0.29, 0.717) is 6.54 Å². The summed E-state index contributed by atoms with van der Waals surface area (Å²) in [5, 5.41) is 14.7. The second-order valence-corrected chi connectivity index (χ2v) is 7.78. The molecule has 1 amide bonds. The zero-order chi connectivity index (χ0) is 20.1. The first-order chi connectivity index (χ1) is 14.1. The van der Waals surface area contributed by atoms with E-state index in [0.717, 1.165) is 19.0 Å². The zero-order valence-corrected chi connectivity index (χ0v) is 16.1. The van der Waals surface area contributed by atoms with Gasteiger partial charge >= 0.3 is 0 Å². The van der Waals surface area contributed by atoms with Crippen LogP contribution >= 0.6 is 0 Å². The van der Waals surface area contributed by atoms with Crippen molar-refractivity contribution in [2.45, 2.75) is 24.8 Å². The van der Waals surface area contributed by atoms with E-state index >= 15 is 0 Å². The van der Waals surface area contributed by atoms with Gasteiger partial charge in [0.2, 0.25) is 5.43 Å². The number of hydrogen-bond donors (Lipinski definition) is 1. The van der Waals surface area contributed by atoms with Gasteiger partial charge in [-0.25, -0.2) is 0 Å². The second kappa shape index (κ2) is 6.58. The molecule has 146 valence electrons. The molecule has 0 bridgehead atoms. The first-order valence-corrected chi connectivity index (χ1v) is 9.78. The summed E-state index contributed by atoms with van der Waals surface area (Å²) in [6, 6.07) is 16.5.